The fourth-order valence-corrected chi connectivity index (χ4v) is 6.02. The Kier molecular flexibility index (Phi) is 6.69. The molecule has 0 aliphatic carbocycles. The molecule has 1 amide bonds. The van der Waals surface area contributed by atoms with E-state index in [9.17, 15) is 4.79 Å². The minimum absolute atomic E-state index is 0.0106. The van der Waals surface area contributed by atoms with Crippen LogP contribution in [0.2, 0.25) is 0 Å². The monoisotopic (exact) mass is 508 g/mol. The molecular formula is C27H33FN6O3. The van der Waals surface area contributed by atoms with Gasteiger partial charge in [-0.25, -0.2) is 14.4 Å². The molecule has 5 heterocycles. The Morgan fingerprint density at radius 3 is 2.70 bits per heavy atom. The van der Waals surface area contributed by atoms with E-state index >= 15 is 4.39 Å². The molecule has 10 heteroatoms. The van der Waals surface area contributed by atoms with Crippen molar-refractivity contribution < 1.29 is 18.7 Å². The van der Waals surface area contributed by atoms with Crippen molar-refractivity contribution in [2.24, 2.45) is 0 Å². The van der Waals surface area contributed by atoms with Crippen LogP contribution >= 0.6 is 0 Å². The van der Waals surface area contributed by atoms with Gasteiger partial charge in [0, 0.05) is 32.2 Å². The van der Waals surface area contributed by atoms with E-state index in [1.165, 1.54) is 6.08 Å². The van der Waals surface area contributed by atoms with Crippen LogP contribution < -0.4 is 15.0 Å². The highest BCUT2D eigenvalue weighted by atomic mass is 19.1. The first-order valence-electron chi connectivity index (χ1n) is 13.2. The van der Waals surface area contributed by atoms with Crippen LogP contribution in [0, 0.1) is 5.82 Å². The van der Waals surface area contributed by atoms with Gasteiger partial charge in [-0.15, -0.1) is 0 Å². The van der Waals surface area contributed by atoms with Gasteiger partial charge in [0.25, 0.3) is 0 Å². The number of morpholine rings is 1. The normalized spacial score (nSPS) is 22.5. The zero-order chi connectivity index (χ0) is 25.4. The molecule has 0 spiro atoms. The number of halogens is 1. The molecule has 0 unspecified atom stereocenters. The number of carbonyl (C=O) groups excluding carboxylic acids is 1. The highest BCUT2D eigenvalue weighted by Crippen LogP contribution is 2.41. The summed E-state index contributed by atoms with van der Waals surface area (Å²) in [5.74, 6) is 1.61. The molecule has 0 saturated carbocycles. The third-order valence-electron chi connectivity index (χ3n) is 8.08. The Morgan fingerprint density at radius 2 is 1.92 bits per heavy atom. The summed E-state index contributed by atoms with van der Waals surface area (Å²) in [6.45, 7) is 10.0. The average Bonchev–Trinajstić information content (AvgIpc) is 3.35. The number of fused-ring (bicyclic) bond motifs is 2. The maximum Gasteiger partial charge on any atom is 0.246 e. The Hall–Kier alpha value is -3.24. The SMILES string of the molecule is C=CC(=O)N1CC[C@@H](N2CCC(c3cc(F)c4c(c3)Nc3ncnc(N5CCOCC5)c3CO4)CC2)C1. The van der Waals surface area contributed by atoms with Crippen molar-refractivity contribution in [1.29, 1.82) is 0 Å². The van der Waals surface area contributed by atoms with Gasteiger partial charge in [0.1, 0.15) is 24.6 Å². The van der Waals surface area contributed by atoms with E-state index in [0.29, 0.717) is 30.8 Å². The van der Waals surface area contributed by atoms with E-state index in [-0.39, 0.29) is 30.0 Å². The molecule has 0 bridgehead atoms. The number of carbonyl (C=O) groups is 1. The van der Waals surface area contributed by atoms with Crippen LogP contribution in [0.5, 0.6) is 5.75 Å². The molecule has 3 saturated heterocycles. The number of aromatic nitrogens is 2. The molecule has 4 aliphatic rings. The number of benzene rings is 1. The van der Waals surface area contributed by atoms with E-state index < -0.39 is 0 Å². The Labute approximate surface area is 216 Å². The molecule has 2 aromatic rings. The highest BCUT2D eigenvalue weighted by molar-refractivity contribution is 5.87. The van der Waals surface area contributed by atoms with Crippen LogP contribution in [0.25, 0.3) is 0 Å². The van der Waals surface area contributed by atoms with Crippen LogP contribution in [-0.2, 0) is 16.1 Å². The number of rotatable bonds is 4. The molecule has 9 nitrogen and oxygen atoms in total. The Bertz CT molecular complexity index is 1180. The molecule has 1 atom stereocenters. The van der Waals surface area contributed by atoms with Crippen molar-refractivity contribution in [3.63, 3.8) is 0 Å². The van der Waals surface area contributed by atoms with Gasteiger partial charge < -0.3 is 24.6 Å². The largest absolute Gasteiger partial charge is 0.483 e. The van der Waals surface area contributed by atoms with Gasteiger partial charge in [0.15, 0.2) is 11.6 Å². The van der Waals surface area contributed by atoms with E-state index in [4.69, 9.17) is 9.47 Å². The van der Waals surface area contributed by atoms with Gasteiger partial charge in [-0.1, -0.05) is 6.58 Å². The molecule has 196 valence electrons. The van der Waals surface area contributed by atoms with Gasteiger partial charge in [-0.2, -0.15) is 0 Å². The molecule has 37 heavy (non-hydrogen) atoms. The maximum atomic E-state index is 15.3. The molecule has 1 aromatic heterocycles. The number of piperidine rings is 1. The number of hydrogen-bond donors (Lipinski definition) is 1. The smallest absolute Gasteiger partial charge is 0.246 e. The van der Waals surface area contributed by atoms with Crippen LogP contribution in [0.4, 0.5) is 21.7 Å². The minimum Gasteiger partial charge on any atom is -0.483 e. The number of likely N-dealkylation sites (tertiary alicyclic amines) is 2. The van der Waals surface area contributed by atoms with Crippen LogP contribution in [0.3, 0.4) is 0 Å². The minimum atomic E-state index is -0.356. The second kappa shape index (κ2) is 10.3. The summed E-state index contributed by atoms with van der Waals surface area (Å²) in [6, 6.07) is 4.04. The molecule has 0 radical (unpaired) electrons. The number of nitrogens with one attached hydrogen (secondary N) is 1. The van der Waals surface area contributed by atoms with Crippen LogP contribution in [0.15, 0.2) is 31.1 Å². The molecule has 1 N–H and O–H groups in total. The summed E-state index contributed by atoms with van der Waals surface area (Å²) in [7, 11) is 0. The number of amides is 1. The fourth-order valence-electron chi connectivity index (χ4n) is 6.02. The van der Waals surface area contributed by atoms with E-state index in [2.05, 4.69) is 31.7 Å². The van der Waals surface area contributed by atoms with E-state index in [1.807, 2.05) is 11.0 Å². The quantitative estimate of drug-likeness (QED) is 0.631. The Morgan fingerprint density at radius 1 is 1.11 bits per heavy atom. The number of hydrogen-bond acceptors (Lipinski definition) is 8. The second-order valence-electron chi connectivity index (χ2n) is 10.2. The molecule has 1 aromatic carbocycles. The fraction of sp³-hybridized carbons (Fsp3) is 0.519. The van der Waals surface area contributed by atoms with Crippen molar-refractivity contribution >= 4 is 23.2 Å². The van der Waals surface area contributed by atoms with Crippen molar-refractivity contribution in [1.82, 2.24) is 19.8 Å². The molecular weight excluding hydrogens is 475 g/mol. The third-order valence-corrected chi connectivity index (χ3v) is 8.08. The summed E-state index contributed by atoms with van der Waals surface area (Å²) in [5.41, 5.74) is 2.42. The first-order valence-corrected chi connectivity index (χ1v) is 13.2. The predicted molar refractivity (Wildman–Crippen MR) is 138 cm³/mol. The lowest BCUT2D eigenvalue weighted by molar-refractivity contribution is -0.125. The van der Waals surface area contributed by atoms with Crippen molar-refractivity contribution in [2.75, 3.05) is 62.7 Å². The lowest BCUT2D eigenvalue weighted by Crippen LogP contribution is -2.43. The van der Waals surface area contributed by atoms with Gasteiger partial charge in [-0.3, -0.25) is 9.69 Å². The summed E-state index contributed by atoms with van der Waals surface area (Å²) in [4.78, 5) is 27.4. The van der Waals surface area contributed by atoms with Gasteiger partial charge in [0.05, 0.1) is 24.5 Å². The zero-order valence-corrected chi connectivity index (χ0v) is 21.0. The number of nitrogens with zero attached hydrogens (tertiary/aromatic N) is 5. The van der Waals surface area contributed by atoms with E-state index in [0.717, 1.165) is 75.5 Å². The van der Waals surface area contributed by atoms with Crippen molar-refractivity contribution in [2.45, 2.75) is 37.8 Å². The van der Waals surface area contributed by atoms with Crippen molar-refractivity contribution in [3.05, 3.63) is 48.1 Å². The highest BCUT2D eigenvalue weighted by Gasteiger charge is 2.33. The lowest BCUT2D eigenvalue weighted by atomic mass is 9.88. The summed E-state index contributed by atoms with van der Waals surface area (Å²) < 4.78 is 26.8. The van der Waals surface area contributed by atoms with Gasteiger partial charge in [0.2, 0.25) is 5.91 Å². The second-order valence-corrected chi connectivity index (χ2v) is 10.2. The Balaban J connectivity index is 1.16. The third kappa shape index (κ3) is 4.75. The number of anilines is 3. The molecule has 6 rings (SSSR count). The first-order chi connectivity index (χ1) is 18.1. The first kappa shape index (κ1) is 24.1. The molecule has 3 fully saturated rings. The summed E-state index contributed by atoms with van der Waals surface area (Å²) >= 11 is 0. The van der Waals surface area contributed by atoms with Gasteiger partial charge in [-0.05, 0) is 62.0 Å². The standard InChI is InChI=1S/C27H33FN6O3/c1-2-24(35)34-8-5-20(15-34)32-6-3-18(4-7-32)19-13-22(28)25-23(14-19)31-26-21(16-37-25)27(30-17-29-26)33-9-11-36-12-10-33/h2,13-14,17-18,20H,1,3-12,15-16H2,(H,29,30,31)/t20-/m1/s1. The average molecular weight is 509 g/mol. The maximum absolute atomic E-state index is 15.3. The van der Waals surface area contributed by atoms with Crippen LogP contribution in [0.1, 0.15) is 36.3 Å². The van der Waals surface area contributed by atoms with Crippen molar-refractivity contribution in [3.8, 4) is 5.75 Å². The van der Waals surface area contributed by atoms with Gasteiger partial charge >= 0.3 is 0 Å². The van der Waals surface area contributed by atoms with Crippen LogP contribution in [-0.4, -0.2) is 84.2 Å². The zero-order valence-electron chi connectivity index (χ0n) is 21.0. The topological polar surface area (TPSA) is 83.1 Å². The summed E-state index contributed by atoms with van der Waals surface area (Å²) in [5, 5.41) is 3.35. The number of ether oxygens (including phenoxy) is 2. The predicted octanol–water partition coefficient (Wildman–Crippen LogP) is 3.05. The lowest BCUT2D eigenvalue weighted by Gasteiger charge is -2.36. The summed E-state index contributed by atoms with van der Waals surface area (Å²) in [6.07, 6.45) is 5.83. The van der Waals surface area contributed by atoms with E-state index in [1.54, 1.807) is 12.4 Å². The molecule has 4 aliphatic heterocycles.